The Labute approximate surface area is 214 Å². The number of hydrogen-bond donors (Lipinski definition) is 1. The first-order valence-corrected chi connectivity index (χ1v) is 12.8. The molecule has 36 heavy (non-hydrogen) atoms. The molecule has 4 aromatic rings. The molecule has 1 N–H and O–H groups in total. The standard InChI is InChI=1S/C29H26N3O3S/c33-20-25(32-35-27-18-10-11-19-34-27)26-21-36-28(30-26)31-29(22-12-4-1-5-13-22,23-14-6-2-7-15-23)24-16-8-3-9-17-24/h1-9,12-17,21,27H,10-11,18-19H2,(H,30,31). The number of nitrogens with one attached hydrogen (secondary N) is 1. The highest BCUT2D eigenvalue weighted by Crippen LogP contribution is 2.40. The lowest BCUT2D eigenvalue weighted by Gasteiger charge is -2.36. The number of ether oxygens (including phenoxy) is 1. The SMILES string of the molecule is O=[C]C(=NOC1CCCCO1)c1csc(NC(c2ccccc2)(c2ccccc2)c2ccccc2)n1. The Hall–Kier alpha value is -3.81. The van der Waals surface area contributed by atoms with E-state index in [1.165, 1.54) is 11.3 Å². The predicted molar refractivity (Wildman–Crippen MR) is 142 cm³/mol. The van der Waals surface area contributed by atoms with Crippen LogP contribution in [-0.2, 0) is 19.9 Å². The molecule has 1 atom stereocenters. The van der Waals surface area contributed by atoms with Crippen LogP contribution in [0.5, 0.6) is 0 Å². The second-order valence-corrected chi connectivity index (χ2v) is 9.31. The van der Waals surface area contributed by atoms with Crippen molar-refractivity contribution in [2.75, 3.05) is 11.9 Å². The second kappa shape index (κ2) is 11.3. The molecular weight excluding hydrogens is 470 g/mol. The quantitative estimate of drug-likeness (QED) is 0.177. The van der Waals surface area contributed by atoms with E-state index >= 15 is 0 Å². The highest BCUT2D eigenvalue weighted by atomic mass is 32.1. The van der Waals surface area contributed by atoms with Crippen molar-refractivity contribution in [2.45, 2.75) is 31.1 Å². The number of thiazole rings is 1. The summed E-state index contributed by atoms with van der Waals surface area (Å²) in [5.74, 6) is 0. The monoisotopic (exact) mass is 496 g/mol. The van der Waals surface area contributed by atoms with Crippen LogP contribution in [0.4, 0.5) is 5.13 Å². The number of rotatable bonds is 9. The Morgan fingerprint density at radius 1 is 0.944 bits per heavy atom. The van der Waals surface area contributed by atoms with E-state index in [4.69, 9.17) is 14.6 Å². The molecule has 1 aromatic heterocycles. The van der Waals surface area contributed by atoms with Gasteiger partial charge in [-0.05, 0) is 29.5 Å². The van der Waals surface area contributed by atoms with E-state index in [0.717, 1.165) is 36.0 Å². The van der Waals surface area contributed by atoms with Crippen LogP contribution in [0.15, 0.2) is 102 Å². The maximum atomic E-state index is 11.7. The van der Waals surface area contributed by atoms with E-state index in [1.807, 2.05) is 60.9 Å². The molecule has 0 bridgehead atoms. The van der Waals surface area contributed by atoms with Gasteiger partial charge >= 0.3 is 0 Å². The van der Waals surface area contributed by atoms with E-state index in [2.05, 4.69) is 46.9 Å². The van der Waals surface area contributed by atoms with Crippen molar-refractivity contribution < 1.29 is 14.4 Å². The predicted octanol–water partition coefficient (Wildman–Crippen LogP) is 5.90. The normalized spacial score (nSPS) is 16.3. The minimum atomic E-state index is -0.715. The molecule has 6 nitrogen and oxygen atoms in total. The highest BCUT2D eigenvalue weighted by molar-refractivity contribution is 7.14. The van der Waals surface area contributed by atoms with Gasteiger partial charge < -0.3 is 14.9 Å². The summed E-state index contributed by atoms with van der Waals surface area (Å²) >= 11 is 1.40. The lowest BCUT2D eigenvalue weighted by Crippen LogP contribution is -2.38. The number of carbonyl (C=O) groups excluding carboxylic acids is 1. The molecule has 0 spiro atoms. The van der Waals surface area contributed by atoms with Crippen LogP contribution >= 0.6 is 11.3 Å². The number of nitrogens with zero attached hydrogens (tertiary/aromatic N) is 2. The minimum Gasteiger partial charge on any atom is -0.363 e. The summed E-state index contributed by atoms with van der Waals surface area (Å²) in [5, 5.41) is 10.1. The van der Waals surface area contributed by atoms with Gasteiger partial charge in [0.2, 0.25) is 6.29 Å². The molecule has 0 aliphatic carbocycles. The zero-order valence-corrected chi connectivity index (χ0v) is 20.5. The van der Waals surface area contributed by atoms with Crippen molar-refractivity contribution in [3.63, 3.8) is 0 Å². The zero-order chi connectivity index (χ0) is 24.6. The third-order valence-electron chi connectivity index (χ3n) is 6.16. The molecule has 1 fully saturated rings. The first-order chi connectivity index (χ1) is 17.8. The molecule has 3 aromatic carbocycles. The van der Waals surface area contributed by atoms with Gasteiger partial charge in [0, 0.05) is 11.8 Å². The molecule has 5 rings (SSSR count). The van der Waals surface area contributed by atoms with Crippen LogP contribution in [0.3, 0.4) is 0 Å². The summed E-state index contributed by atoms with van der Waals surface area (Å²) in [4.78, 5) is 21.9. The maximum absolute atomic E-state index is 11.7. The molecule has 1 radical (unpaired) electrons. The van der Waals surface area contributed by atoms with E-state index in [1.54, 1.807) is 5.38 Å². The molecule has 2 heterocycles. The highest BCUT2D eigenvalue weighted by Gasteiger charge is 2.37. The van der Waals surface area contributed by atoms with Gasteiger partial charge in [-0.3, -0.25) is 4.79 Å². The fraction of sp³-hybridized carbons (Fsp3) is 0.207. The summed E-state index contributed by atoms with van der Waals surface area (Å²) in [7, 11) is 0. The Kier molecular flexibility index (Phi) is 7.50. The van der Waals surface area contributed by atoms with Crippen LogP contribution in [0.2, 0.25) is 0 Å². The Bertz CT molecular complexity index is 1190. The van der Waals surface area contributed by atoms with Gasteiger partial charge in [-0.2, -0.15) is 0 Å². The molecule has 0 amide bonds. The topological polar surface area (TPSA) is 72.8 Å². The summed E-state index contributed by atoms with van der Waals surface area (Å²) in [6.45, 7) is 0.631. The van der Waals surface area contributed by atoms with E-state index in [0.29, 0.717) is 17.4 Å². The fourth-order valence-electron chi connectivity index (χ4n) is 4.40. The molecular formula is C29H26N3O3S. The Morgan fingerprint density at radius 2 is 1.53 bits per heavy atom. The van der Waals surface area contributed by atoms with Crippen LogP contribution in [-0.4, -0.2) is 29.9 Å². The van der Waals surface area contributed by atoms with Gasteiger partial charge in [0.1, 0.15) is 11.2 Å². The molecule has 1 aliphatic heterocycles. The summed E-state index contributed by atoms with van der Waals surface area (Å²) in [5.41, 5.74) is 2.89. The number of oxime groups is 1. The average molecular weight is 497 g/mol. The van der Waals surface area contributed by atoms with Crippen LogP contribution in [0.25, 0.3) is 0 Å². The Balaban J connectivity index is 1.53. The van der Waals surface area contributed by atoms with E-state index in [9.17, 15) is 4.79 Å². The number of anilines is 1. The first-order valence-electron chi connectivity index (χ1n) is 11.9. The molecule has 1 aliphatic rings. The lowest BCUT2D eigenvalue weighted by molar-refractivity contribution is -0.162. The van der Waals surface area contributed by atoms with E-state index < -0.39 is 11.8 Å². The van der Waals surface area contributed by atoms with Crippen LogP contribution < -0.4 is 5.32 Å². The largest absolute Gasteiger partial charge is 0.363 e. The molecule has 1 unspecified atom stereocenters. The van der Waals surface area contributed by atoms with E-state index in [-0.39, 0.29) is 5.71 Å². The van der Waals surface area contributed by atoms with Gasteiger partial charge in [0.05, 0.1) is 6.61 Å². The molecule has 7 heteroatoms. The average Bonchev–Trinajstić information content (AvgIpc) is 3.42. The summed E-state index contributed by atoms with van der Waals surface area (Å²) in [6, 6.07) is 30.8. The number of benzene rings is 3. The van der Waals surface area contributed by atoms with Crippen LogP contribution in [0.1, 0.15) is 41.6 Å². The lowest BCUT2D eigenvalue weighted by atomic mass is 9.77. The Morgan fingerprint density at radius 3 is 2.03 bits per heavy atom. The van der Waals surface area contributed by atoms with Gasteiger partial charge in [-0.15, -0.1) is 11.3 Å². The van der Waals surface area contributed by atoms with Crippen molar-refractivity contribution in [3.05, 3.63) is 119 Å². The molecule has 0 saturated carbocycles. The van der Waals surface area contributed by atoms with Crippen molar-refractivity contribution in [3.8, 4) is 0 Å². The zero-order valence-electron chi connectivity index (χ0n) is 19.7. The molecule has 181 valence electrons. The smallest absolute Gasteiger partial charge is 0.259 e. The van der Waals surface area contributed by atoms with Gasteiger partial charge in [0.25, 0.3) is 6.29 Å². The van der Waals surface area contributed by atoms with Crippen molar-refractivity contribution >= 4 is 28.5 Å². The second-order valence-electron chi connectivity index (χ2n) is 8.45. The fourth-order valence-corrected chi connectivity index (χ4v) is 5.16. The van der Waals surface area contributed by atoms with Crippen molar-refractivity contribution in [2.24, 2.45) is 5.16 Å². The maximum Gasteiger partial charge on any atom is 0.259 e. The third kappa shape index (κ3) is 5.08. The summed E-state index contributed by atoms with van der Waals surface area (Å²) in [6.07, 6.45) is 4.17. The van der Waals surface area contributed by atoms with Crippen LogP contribution in [0, 0.1) is 0 Å². The van der Waals surface area contributed by atoms with Crippen molar-refractivity contribution in [1.82, 2.24) is 4.98 Å². The third-order valence-corrected chi connectivity index (χ3v) is 6.92. The minimum absolute atomic E-state index is 0.0122. The van der Waals surface area contributed by atoms with Gasteiger partial charge in [0.15, 0.2) is 10.8 Å². The summed E-state index contributed by atoms with van der Waals surface area (Å²) < 4.78 is 5.54. The van der Waals surface area contributed by atoms with Gasteiger partial charge in [-0.1, -0.05) is 96.2 Å². The van der Waals surface area contributed by atoms with Gasteiger partial charge in [-0.25, -0.2) is 4.98 Å². The van der Waals surface area contributed by atoms with Crippen molar-refractivity contribution in [1.29, 1.82) is 0 Å². The number of hydrogen-bond acceptors (Lipinski definition) is 7. The first kappa shape index (κ1) is 23.9. The number of aromatic nitrogens is 1. The molecule has 1 saturated heterocycles.